The van der Waals surface area contributed by atoms with Crippen molar-refractivity contribution in [2.24, 2.45) is 0 Å². The lowest BCUT2D eigenvalue weighted by Gasteiger charge is -2.03. The zero-order valence-electron chi connectivity index (χ0n) is 12.7. The summed E-state index contributed by atoms with van der Waals surface area (Å²) in [4.78, 5) is 11.0. The summed E-state index contributed by atoms with van der Waals surface area (Å²) in [5, 5.41) is 0.290. The minimum Gasteiger partial charge on any atom is -0.287 e. The molecule has 0 spiro atoms. The van der Waals surface area contributed by atoms with Crippen LogP contribution in [-0.2, 0) is 11.2 Å². The van der Waals surface area contributed by atoms with E-state index in [-0.39, 0.29) is 0 Å². The Morgan fingerprint density at radius 1 is 1.11 bits per heavy atom. The number of benzene rings is 1. The molecule has 0 atom stereocenters. The van der Waals surface area contributed by atoms with E-state index in [1.54, 1.807) is 0 Å². The van der Waals surface area contributed by atoms with Gasteiger partial charge in [-0.05, 0) is 37.1 Å². The molecule has 2 heteroatoms. The van der Waals surface area contributed by atoms with Crippen molar-refractivity contribution in [2.75, 3.05) is 6.26 Å². The molecule has 0 saturated carbocycles. The van der Waals surface area contributed by atoms with Gasteiger partial charge in [-0.2, -0.15) is 0 Å². The Kier molecular flexibility index (Phi) is 15.6. The number of aryl methyl sites for hydroxylation is 2. The zero-order valence-corrected chi connectivity index (χ0v) is 13.6. The van der Waals surface area contributed by atoms with E-state index < -0.39 is 0 Å². The second-order valence-electron chi connectivity index (χ2n) is 3.36. The van der Waals surface area contributed by atoms with Crippen LogP contribution in [0.2, 0.25) is 0 Å². The van der Waals surface area contributed by atoms with Gasteiger partial charge in [-0.1, -0.05) is 63.7 Å². The quantitative estimate of drug-likeness (QED) is 0.741. The van der Waals surface area contributed by atoms with E-state index in [9.17, 15) is 4.79 Å². The molecule has 0 N–H and O–H groups in total. The summed E-state index contributed by atoms with van der Waals surface area (Å²) in [6.45, 7) is 10.1. The molecule has 0 aliphatic carbocycles. The molecule has 0 saturated heterocycles. The molecule has 0 unspecified atom stereocenters. The third-order valence-electron chi connectivity index (χ3n) is 2.32. The lowest BCUT2D eigenvalue weighted by Crippen LogP contribution is -1.94. The minimum atomic E-state index is 0.290. The van der Waals surface area contributed by atoms with Crippen LogP contribution in [0, 0.1) is 6.92 Å². The Morgan fingerprint density at radius 3 is 2.17 bits per heavy atom. The van der Waals surface area contributed by atoms with Crippen LogP contribution in [0.25, 0.3) is 0 Å². The van der Waals surface area contributed by atoms with Crippen LogP contribution in [0.4, 0.5) is 0 Å². The van der Waals surface area contributed by atoms with E-state index in [0.717, 1.165) is 12.8 Å². The molecule has 0 fully saturated rings. The molecule has 1 nitrogen and oxygen atoms in total. The molecule has 0 bridgehead atoms. The average Bonchev–Trinajstić information content (AvgIpc) is 2.45. The Bertz CT molecular complexity index is 308. The van der Waals surface area contributed by atoms with E-state index in [1.807, 2.05) is 40.0 Å². The normalized spacial score (nSPS) is 8.56. The van der Waals surface area contributed by atoms with Gasteiger partial charge in [0.05, 0.1) is 0 Å². The minimum absolute atomic E-state index is 0.290. The first kappa shape index (κ1) is 19.6. The van der Waals surface area contributed by atoms with Crippen molar-refractivity contribution in [1.82, 2.24) is 0 Å². The van der Waals surface area contributed by atoms with Crippen LogP contribution >= 0.6 is 11.8 Å². The predicted molar refractivity (Wildman–Crippen MR) is 85.3 cm³/mol. The fourth-order valence-corrected chi connectivity index (χ4v) is 1.76. The molecule has 0 amide bonds. The number of carbonyl (C=O) groups excluding carboxylic acids is 1. The first-order valence-electron chi connectivity index (χ1n) is 6.85. The van der Waals surface area contributed by atoms with Gasteiger partial charge >= 0.3 is 0 Å². The highest BCUT2D eigenvalue weighted by Gasteiger charge is 2.00. The van der Waals surface area contributed by atoms with E-state index in [0.29, 0.717) is 11.5 Å². The molecule has 1 rings (SSSR count). The Morgan fingerprint density at radius 2 is 1.67 bits per heavy atom. The molecular formula is C16H28OS. The van der Waals surface area contributed by atoms with Crippen LogP contribution in [0.3, 0.4) is 0 Å². The van der Waals surface area contributed by atoms with Crippen LogP contribution < -0.4 is 0 Å². The SMILES string of the molecule is CC.CC.CSC(=O)CCCc1ccccc1C. The van der Waals surface area contributed by atoms with Gasteiger partial charge in [-0.15, -0.1) is 0 Å². The third-order valence-corrected chi connectivity index (χ3v) is 2.98. The molecule has 0 aliphatic heterocycles. The van der Waals surface area contributed by atoms with Gasteiger partial charge in [-0.25, -0.2) is 0 Å². The molecule has 104 valence electrons. The van der Waals surface area contributed by atoms with Crippen molar-refractivity contribution in [3.63, 3.8) is 0 Å². The molecule has 0 aromatic heterocycles. The molecular weight excluding hydrogens is 240 g/mol. The van der Waals surface area contributed by atoms with Gasteiger partial charge in [0.1, 0.15) is 0 Å². The van der Waals surface area contributed by atoms with Crippen LogP contribution in [0.1, 0.15) is 51.7 Å². The molecule has 1 aromatic carbocycles. The highest BCUT2D eigenvalue weighted by atomic mass is 32.2. The molecule has 18 heavy (non-hydrogen) atoms. The molecule has 1 aromatic rings. The Labute approximate surface area is 117 Å². The van der Waals surface area contributed by atoms with Crippen molar-refractivity contribution >= 4 is 16.9 Å². The van der Waals surface area contributed by atoms with Crippen molar-refractivity contribution in [3.8, 4) is 0 Å². The Balaban J connectivity index is 0. The fraction of sp³-hybridized carbons (Fsp3) is 0.562. The van der Waals surface area contributed by atoms with Gasteiger partial charge in [0, 0.05) is 6.42 Å². The summed E-state index contributed by atoms with van der Waals surface area (Å²) >= 11 is 1.33. The second-order valence-corrected chi connectivity index (χ2v) is 4.22. The van der Waals surface area contributed by atoms with E-state index in [2.05, 4.69) is 25.1 Å². The van der Waals surface area contributed by atoms with Crippen molar-refractivity contribution < 1.29 is 4.79 Å². The lowest BCUT2D eigenvalue weighted by molar-refractivity contribution is -0.111. The number of carbonyl (C=O) groups is 1. The maximum Gasteiger partial charge on any atom is 0.188 e. The van der Waals surface area contributed by atoms with Crippen LogP contribution in [0.15, 0.2) is 24.3 Å². The maximum absolute atomic E-state index is 11.0. The van der Waals surface area contributed by atoms with Gasteiger partial charge in [0.25, 0.3) is 0 Å². The van der Waals surface area contributed by atoms with Crippen LogP contribution in [-0.4, -0.2) is 11.4 Å². The second kappa shape index (κ2) is 14.3. The molecule has 0 heterocycles. The van der Waals surface area contributed by atoms with Crippen LogP contribution in [0.5, 0.6) is 0 Å². The first-order valence-corrected chi connectivity index (χ1v) is 8.08. The number of rotatable bonds is 4. The van der Waals surface area contributed by atoms with Gasteiger partial charge < -0.3 is 0 Å². The number of hydrogen-bond donors (Lipinski definition) is 0. The highest BCUT2D eigenvalue weighted by molar-refractivity contribution is 8.13. The van der Waals surface area contributed by atoms with Crippen molar-refractivity contribution in [2.45, 2.75) is 53.9 Å². The third kappa shape index (κ3) is 9.29. The van der Waals surface area contributed by atoms with Crippen molar-refractivity contribution in [3.05, 3.63) is 35.4 Å². The van der Waals surface area contributed by atoms with Gasteiger partial charge in [0.15, 0.2) is 5.12 Å². The lowest BCUT2D eigenvalue weighted by atomic mass is 10.0. The number of thioether (sulfide) groups is 1. The summed E-state index contributed by atoms with van der Waals surface area (Å²) < 4.78 is 0. The highest BCUT2D eigenvalue weighted by Crippen LogP contribution is 2.12. The Hall–Kier alpha value is -0.760. The summed E-state index contributed by atoms with van der Waals surface area (Å²) in [5.74, 6) is 0. The summed E-state index contributed by atoms with van der Waals surface area (Å²) in [6, 6.07) is 8.36. The fourth-order valence-electron chi connectivity index (χ4n) is 1.42. The summed E-state index contributed by atoms with van der Waals surface area (Å²) in [6.07, 6.45) is 4.51. The zero-order chi connectivity index (χ0) is 14.4. The van der Waals surface area contributed by atoms with Crippen molar-refractivity contribution in [1.29, 1.82) is 0 Å². The topological polar surface area (TPSA) is 17.1 Å². The average molecular weight is 268 g/mol. The monoisotopic (exact) mass is 268 g/mol. The largest absolute Gasteiger partial charge is 0.287 e. The summed E-state index contributed by atoms with van der Waals surface area (Å²) in [5.41, 5.74) is 2.69. The predicted octanol–water partition coefficient (Wildman–Crippen LogP) is 5.26. The van der Waals surface area contributed by atoms with Gasteiger partial charge in [-0.3, -0.25) is 4.79 Å². The van der Waals surface area contributed by atoms with Gasteiger partial charge in [0.2, 0.25) is 0 Å². The first-order chi connectivity index (χ1) is 8.74. The molecule has 0 aliphatic rings. The molecule has 0 radical (unpaired) electrons. The maximum atomic E-state index is 11.0. The standard InChI is InChI=1S/C12H16OS.2C2H6/c1-10-6-3-4-7-11(10)8-5-9-12(13)14-2;2*1-2/h3-4,6-7H,5,8-9H2,1-2H3;2*1-2H3. The van der Waals surface area contributed by atoms with E-state index in [4.69, 9.17) is 0 Å². The number of hydrogen-bond acceptors (Lipinski definition) is 2. The summed E-state index contributed by atoms with van der Waals surface area (Å²) in [7, 11) is 0. The smallest absolute Gasteiger partial charge is 0.188 e. The van der Waals surface area contributed by atoms with E-state index in [1.165, 1.54) is 22.9 Å². The van der Waals surface area contributed by atoms with E-state index >= 15 is 0 Å².